The molecule has 0 aliphatic heterocycles. The summed E-state index contributed by atoms with van der Waals surface area (Å²) in [5.74, 6) is -1.10. The molecule has 1 fully saturated rings. The highest BCUT2D eigenvalue weighted by Crippen LogP contribution is 2.48. The van der Waals surface area contributed by atoms with Crippen LogP contribution in [0.15, 0.2) is 12.4 Å². The van der Waals surface area contributed by atoms with Crippen molar-refractivity contribution in [2.24, 2.45) is 12.5 Å². The molecule has 7 heteroatoms. The Bertz CT molecular complexity index is 522. The van der Waals surface area contributed by atoms with Crippen LogP contribution in [-0.4, -0.2) is 33.4 Å². The first-order valence-electron chi connectivity index (χ1n) is 7.21. The summed E-state index contributed by atoms with van der Waals surface area (Å²) in [5.41, 5.74) is 0.689. The van der Waals surface area contributed by atoms with Crippen molar-refractivity contribution < 1.29 is 14.7 Å². The van der Waals surface area contributed by atoms with Crippen molar-refractivity contribution in [1.29, 1.82) is 0 Å². The summed E-state index contributed by atoms with van der Waals surface area (Å²) in [5, 5.41) is 18.4. The minimum absolute atomic E-state index is 0.235. The van der Waals surface area contributed by atoms with Gasteiger partial charge in [0.25, 0.3) is 0 Å². The summed E-state index contributed by atoms with van der Waals surface area (Å²) < 4.78 is 1.51. The number of aliphatic carboxylic acids is 1. The van der Waals surface area contributed by atoms with Gasteiger partial charge in [0.1, 0.15) is 0 Å². The highest BCUT2D eigenvalue weighted by Gasteiger charge is 2.41. The zero-order chi connectivity index (χ0) is 15.5. The quantitative estimate of drug-likeness (QED) is 0.708. The van der Waals surface area contributed by atoms with E-state index in [2.05, 4.69) is 22.7 Å². The summed E-state index contributed by atoms with van der Waals surface area (Å²) in [6.07, 6.45) is 7.48. The molecule has 21 heavy (non-hydrogen) atoms. The maximum Gasteiger partial charge on any atom is 0.331 e. The third-order valence-corrected chi connectivity index (χ3v) is 3.94. The van der Waals surface area contributed by atoms with Gasteiger partial charge in [-0.2, -0.15) is 5.10 Å². The Morgan fingerprint density at radius 1 is 1.52 bits per heavy atom. The maximum absolute atomic E-state index is 11.9. The summed E-state index contributed by atoms with van der Waals surface area (Å²) in [7, 11) is 1.70. The number of carbonyl (C=O) groups is 2. The molecular weight excluding hydrogens is 272 g/mol. The van der Waals surface area contributed by atoms with Gasteiger partial charge in [-0.1, -0.05) is 13.3 Å². The molecule has 1 unspecified atom stereocenters. The fraction of sp³-hybridized carbons (Fsp3) is 0.643. The van der Waals surface area contributed by atoms with Crippen molar-refractivity contribution in [2.45, 2.75) is 38.6 Å². The number of hydrogen-bond acceptors (Lipinski definition) is 3. The van der Waals surface area contributed by atoms with Gasteiger partial charge in [0, 0.05) is 25.4 Å². The zero-order valence-corrected chi connectivity index (χ0v) is 12.4. The van der Waals surface area contributed by atoms with Gasteiger partial charge in [-0.25, -0.2) is 9.59 Å². The molecule has 0 spiro atoms. The number of rotatable bonds is 7. The van der Waals surface area contributed by atoms with Gasteiger partial charge in [-0.05, 0) is 24.7 Å². The van der Waals surface area contributed by atoms with Gasteiger partial charge in [-0.15, -0.1) is 0 Å². The SMILES string of the molecule is CCCC1(CNC(=O)NC(C(=O)O)c2cnn(C)c2)CC1. The first-order chi connectivity index (χ1) is 9.96. The Kier molecular flexibility index (Phi) is 4.50. The lowest BCUT2D eigenvalue weighted by molar-refractivity contribution is -0.139. The predicted octanol–water partition coefficient (Wildman–Crippen LogP) is 1.43. The number of nitrogens with one attached hydrogen (secondary N) is 2. The lowest BCUT2D eigenvalue weighted by Gasteiger charge is -2.17. The second-order valence-electron chi connectivity index (χ2n) is 5.80. The molecule has 116 valence electrons. The maximum atomic E-state index is 11.9. The molecular formula is C14H22N4O3. The van der Waals surface area contributed by atoms with Gasteiger partial charge in [-0.3, -0.25) is 4.68 Å². The molecule has 1 saturated carbocycles. The second kappa shape index (κ2) is 6.15. The predicted molar refractivity (Wildman–Crippen MR) is 76.7 cm³/mol. The lowest BCUT2D eigenvalue weighted by Crippen LogP contribution is -2.42. The molecule has 1 aromatic rings. The molecule has 0 saturated heterocycles. The summed E-state index contributed by atoms with van der Waals surface area (Å²) in [6, 6.07) is -1.53. The smallest absolute Gasteiger partial charge is 0.331 e. The molecule has 1 aliphatic rings. The van der Waals surface area contributed by atoms with Crippen molar-refractivity contribution in [3.63, 3.8) is 0 Å². The number of carbonyl (C=O) groups excluding carboxylic acids is 1. The van der Waals surface area contributed by atoms with E-state index in [0.29, 0.717) is 12.1 Å². The van der Waals surface area contributed by atoms with Crippen molar-refractivity contribution in [3.05, 3.63) is 18.0 Å². The molecule has 2 rings (SSSR count). The Balaban J connectivity index is 1.89. The summed E-state index contributed by atoms with van der Waals surface area (Å²) in [6.45, 7) is 2.73. The number of carboxylic acid groups (broad SMARTS) is 1. The lowest BCUT2D eigenvalue weighted by atomic mass is 10.0. The average Bonchev–Trinajstić information content (AvgIpc) is 3.06. The first kappa shape index (κ1) is 15.3. The normalized spacial score (nSPS) is 17.0. The molecule has 2 amide bonds. The van der Waals surface area contributed by atoms with Crippen LogP contribution >= 0.6 is 0 Å². The number of carboxylic acids is 1. The van der Waals surface area contributed by atoms with E-state index >= 15 is 0 Å². The summed E-state index contributed by atoms with van der Waals surface area (Å²) in [4.78, 5) is 23.2. The van der Waals surface area contributed by atoms with E-state index in [1.165, 1.54) is 10.9 Å². The van der Waals surface area contributed by atoms with Crippen molar-refractivity contribution in [3.8, 4) is 0 Å². The topological polar surface area (TPSA) is 96.2 Å². The fourth-order valence-electron chi connectivity index (χ4n) is 2.55. The first-order valence-corrected chi connectivity index (χ1v) is 7.21. The second-order valence-corrected chi connectivity index (χ2v) is 5.80. The van der Waals surface area contributed by atoms with E-state index in [1.54, 1.807) is 13.2 Å². The van der Waals surface area contributed by atoms with Gasteiger partial charge >= 0.3 is 12.0 Å². The van der Waals surface area contributed by atoms with E-state index in [4.69, 9.17) is 0 Å². The number of urea groups is 1. The molecule has 0 aromatic carbocycles. The van der Waals surface area contributed by atoms with E-state index in [0.717, 1.165) is 25.7 Å². The number of aromatic nitrogens is 2. The van der Waals surface area contributed by atoms with E-state index in [-0.39, 0.29) is 5.41 Å². The van der Waals surface area contributed by atoms with Crippen molar-refractivity contribution in [1.82, 2.24) is 20.4 Å². The van der Waals surface area contributed by atoms with Crippen LogP contribution in [0.4, 0.5) is 4.79 Å². The molecule has 1 atom stereocenters. The van der Waals surface area contributed by atoms with Gasteiger partial charge < -0.3 is 15.7 Å². The molecule has 0 radical (unpaired) electrons. The molecule has 1 heterocycles. The standard InChI is InChI=1S/C14H22N4O3/c1-3-4-14(5-6-14)9-15-13(21)17-11(12(19)20)10-7-16-18(2)8-10/h7-8,11H,3-6,9H2,1-2H3,(H,19,20)(H2,15,17,21). The monoisotopic (exact) mass is 294 g/mol. The van der Waals surface area contributed by atoms with Crippen LogP contribution in [0.1, 0.15) is 44.2 Å². The molecule has 3 N–H and O–H groups in total. The van der Waals surface area contributed by atoms with Crippen LogP contribution in [0.25, 0.3) is 0 Å². The highest BCUT2D eigenvalue weighted by molar-refractivity contribution is 5.83. The van der Waals surface area contributed by atoms with E-state index < -0.39 is 18.0 Å². The van der Waals surface area contributed by atoms with Gasteiger partial charge in [0.05, 0.1) is 6.20 Å². The van der Waals surface area contributed by atoms with Crippen LogP contribution < -0.4 is 10.6 Å². The zero-order valence-electron chi connectivity index (χ0n) is 12.4. The fourth-order valence-corrected chi connectivity index (χ4v) is 2.55. The average molecular weight is 294 g/mol. The van der Waals surface area contributed by atoms with Crippen LogP contribution in [0.5, 0.6) is 0 Å². The molecule has 1 aromatic heterocycles. The Labute approximate surface area is 123 Å². The van der Waals surface area contributed by atoms with Crippen LogP contribution in [0.3, 0.4) is 0 Å². The number of nitrogens with zero attached hydrogens (tertiary/aromatic N) is 2. The van der Waals surface area contributed by atoms with E-state index in [1.807, 2.05) is 0 Å². The van der Waals surface area contributed by atoms with Gasteiger partial charge in [0.15, 0.2) is 6.04 Å². The minimum Gasteiger partial charge on any atom is -0.479 e. The Hall–Kier alpha value is -2.05. The van der Waals surface area contributed by atoms with Crippen LogP contribution in [0.2, 0.25) is 0 Å². The Morgan fingerprint density at radius 3 is 2.71 bits per heavy atom. The van der Waals surface area contributed by atoms with Crippen LogP contribution in [-0.2, 0) is 11.8 Å². The van der Waals surface area contributed by atoms with Crippen molar-refractivity contribution in [2.75, 3.05) is 6.54 Å². The summed E-state index contributed by atoms with van der Waals surface area (Å²) >= 11 is 0. The molecule has 1 aliphatic carbocycles. The molecule has 7 nitrogen and oxygen atoms in total. The van der Waals surface area contributed by atoms with Crippen LogP contribution in [0, 0.1) is 5.41 Å². The number of hydrogen-bond donors (Lipinski definition) is 3. The highest BCUT2D eigenvalue weighted by atomic mass is 16.4. The van der Waals surface area contributed by atoms with Crippen molar-refractivity contribution >= 4 is 12.0 Å². The Morgan fingerprint density at radius 2 is 2.24 bits per heavy atom. The minimum atomic E-state index is -1.10. The largest absolute Gasteiger partial charge is 0.479 e. The third kappa shape index (κ3) is 3.96. The van der Waals surface area contributed by atoms with Gasteiger partial charge in [0.2, 0.25) is 0 Å². The third-order valence-electron chi connectivity index (χ3n) is 3.94. The number of aryl methyl sites for hydroxylation is 1. The molecule has 0 bridgehead atoms. The van der Waals surface area contributed by atoms with E-state index in [9.17, 15) is 14.7 Å². The number of amides is 2.